The molecule has 0 aromatic heterocycles. The standard InChI is InChI=1S/C23H25N5O5/c1-14-11-20(30)26-27-21(14)16-7-9-17(10-8-16)28(22(31)18(24)12-19(25)29)23(32)33-13-15-5-3-2-4-6-15/h2-10,14,18H,11-13,24H2,1H3,(H2,25,29)(H,26,30)/t14?,18-/m0/s1. The molecule has 2 aromatic carbocycles. The highest BCUT2D eigenvalue weighted by molar-refractivity contribution is 6.15. The monoisotopic (exact) mass is 451 g/mol. The lowest BCUT2D eigenvalue weighted by Crippen LogP contribution is -2.48. The first-order valence-electron chi connectivity index (χ1n) is 10.3. The Labute approximate surface area is 190 Å². The van der Waals surface area contributed by atoms with Gasteiger partial charge >= 0.3 is 6.09 Å². The average molecular weight is 451 g/mol. The maximum Gasteiger partial charge on any atom is 0.421 e. The molecule has 10 heteroatoms. The Kier molecular flexibility index (Phi) is 7.52. The first kappa shape index (κ1) is 23.6. The van der Waals surface area contributed by atoms with Crippen LogP contribution in [-0.4, -0.2) is 35.6 Å². The van der Waals surface area contributed by atoms with Crippen LogP contribution in [0.5, 0.6) is 0 Å². The first-order valence-corrected chi connectivity index (χ1v) is 10.3. The molecule has 10 nitrogen and oxygen atoms in total. The molecular formula is C23H25N5O5. The van der Waals surface area contributed by atoms with Crippen LogP contribution in [0.3, 0.4) is 0 Å². The fourth-order valence-electron chi connectivity index (χ4n) is 3.36. The number of amides is 4. The summed E-state index contributed by atoms with van der Waals surface area (Å²) in [7, 11) is 0. The van der Waals surface area contributed by atoms with E-state index in [1.165, 1.54) is 0 Å². The molecule has 1 heterocycles. The fraction of sp³-hybridized carbons (Fsp3) is 0.261. The van der Waals surface area contributed by atoms with E-state index in [2.05, 4.69) is 10.5 Å². The Morgan fingerprint density at radius 2 is 1.82 bits per heavy atom. The van der Waals surface area contributed by atoms with E-state index in [1.807, 2.05) is 13.0 Å². The molecule has 0 spiro atoms. The minimum Gasteiger partial charge on any atom is -0.444 e. The summed E-state index contributed by atoms with van der Waals surface area (Å²) in [4.78, 5) is 49.3. The zero-order chi connectivity index (χ0) is 24.0. The molecule has 0 fully saturated rings. The first-order chi connectivity index (χ1) is 15.8. The number of hydrogen-bond donors (Lipinski definition) is 3. The number of nitrogens with two attached hydrogens (primary N) is 2. The third-order valence-electron chi connectivity index (χ3n) is 5.03. The van der Waals surface area contributed by atoms with Crippen LogP contribution in [0.25, 0.3) is 0 Å². The Balaban J connectivity index is 1.84. The van der Waals surface area contributed by atoms with Gasteiger partial charge in [0.05, 0.1) is 23.9 Å². The topological polar surface area (TPSA) is 157 Å². The van der Waals surface area contributed by atoms with Gasteiger partial charge in [0.15, 0.2) is 0 Å². The van der Waals surface area contributed by atoms with Crippen molar-refractivity contribution in [1.29, 1.82) is 0 Å². The zero-order valence-corrected chi connectivity index (χ0v) is 18.1. The number of hydrazone groups is 1. The largest absolute Gasteiger partial charge is 0.444 e. The predicted molar refractivity (Wildman–Crippen MR) is 121 cm³/mol. The van der Waals surface area contributed by atoms with Gasteiger partial charge in [0.2, 0.25) is 11.8 Å². The third-order valence-corrected chi connectivity index (χ3v) is 5.03. The normalized spacial score (nSPS) is 16.2. The van der Waals surface area contributed by atoms with Gasteiger partial charge in [-0.25, -0.2) is 15.1 Å². The van der Waals surface area contributed by atoms with E-state index in [-0.39, 0.29) is 24.1 Å². The number of nitrogens with zero attached hydrogens (tertiary/aromatic N) is 2. The maximum atomic E-state index is 12.9. The van der Waals surface area contributed by atoms with E-state index in [9.17, 15) is 19.2 Å². The molecule has 5 N–H and O–H groups in total. The summed E-state index contributed by atoms with van der Waals surface area (Å²) in [5.74, 6) is -1.85. The second-order valence-corrected chi connectivity index (χ2v) is 7.67. The summed E-state index contributed by atoms with van der Waals surface area (Å²) in [6, 6.07) is 14.1. The van der Waals surface area contributed by atoms with E-state index < -0.39 is 30.4 Å². The van der Waals surface area contributed by atoms with E-state index in [0.717, 1.165) is 16.0 Å². The highest BCUT2D eigenvalue weighted by atomic mass is 16.6. The maximum absolute atomic E-state index is 12.9. The molecule has 1 aliphatic heterocycles. The van der Waals surface area contributed by atoms with Gasteiger partial charge in [0.25, 0.3) is 5.91 Å². The summed E-state index contributed by atoms with van der Waals surface area (Å²) in [6.07, 6.45) is -1.06. The van der Waals surface area contributed by atoms with Crippen molar-refractivity contribution in [1.82, 2.24) is 5.43 Å². The van der Waals surface area contributed by atoms with E-state index in [4.69, 9.17) is 16.2 Å². The molecule has 172 valence electrons. The van der Waals surface area contributed by atoms with Crippen LogP contribution in [-0.2, 0) is 25.7 Å². The van der Waals surface area contributed by atoms with Gasteiger partial charge in [-0.2, -0.15) is 5.10 Å². The van der Waals surface area contributed by atoms with Gasteiger partial charge in [-0.05, 0) is 23.3 Å². The quantitative estimate of drug-likeness (QED) is 0.578. The number of benzene rings is 2. The lowest BCUT2D eigenvalue weighted by atomic mass is 9.94. The van der Waals surface area contributed by atoms with E-state index >= 15 is 0 Å². The van der Waals surface area contributed by atoms with Crippen molar-refractivity contribution in [2.24, 2.45) is 22.5 Å². The predicted octanol–water partition coefficient (Wildman–Crippen LogP) is 1.42. The third kappa shape index (κ3) is 6.01. The van der Waals surface area contributed by atoms with Gasteiger partial charge in [-0.1, -0.05) is 49.4 Å². The lowest BCUT2D eigenvalue weighted by molar-refractivity contribution is -0.124. The lowest BCUT2D eigenvalue weighted by Gasteiger charge is -2.24. The van der Waals surface area contributed by atoms with Gasteiger partial charge in [0, 0.05) is 12.3 Å². The molecule has 1 unspecified atom stereocenters. The van der Waals surface area contributed by atoms with Crippen molar-refractivity contribution in [3.63, 3.8) is 0 Å². The number of anilines is 1. The Morgan fingerprint density at radius 3 is 2.42 bits per heavy atom. The number of carbonyl (C=O) groups excluding carboxylic acids is 4. The van der Waals surface area contributed by atoms with Gasteiger partial charge in [-0.15, -0.1) is 0 Å². The van der Waals surface area contributed by atoms with Crippen LogP contribution < -0.4 is 21.8 Å². The molecule has 1 aliphatic rings. The van der Waals surface area contributed by atoms with Crippen LogP contribution in [0.2, 0.25) is 0 Å². The molecule has 3 rings (SSSR count). The van der Waals surface area contributed by atoms with Crippen LogP contribution in [0.4, 0.5) is 10.5 Å². The van der Waals surface area contributed by atoms with Crippen molar-refractivity contribution in [2.75, 3.05) is 4.90 Å². The second kappa shape index (κ2) is 10.5. The Morgan fingerprint density at radius 1 is 1.15 bits per heavy atom. The van der Waals surface area contributed by atoms with Gasteiger partial charge in [-0.3, -0.25) is 14.4 Å². The van der Waals surface area contributed by atoms with E-state index in [1.54, 1.807) is 48.5 Å². The number of hydrogen-bond acceptors (Lipinski definition) is 7. The minimum atomic E-state index is -1.32. The molecule has 0 radical (unpaired) electrons. The number of imide groups is 1. The van der Waals surface area contributed by atoms with Crippen molar-refractivity contribution in [3.8, 4) is 0 Å². The van der Waals surface area contributed by atoms with Crippen molar-refractivity contribution in [2.45, 2.75) is 32.4 Å². The molecule has 0 saturated carbocycles. The highest BCUT2D eigenvalue weighted by Gasteiger charge is 2.31. The minimum absolute atomic E-state index is 0.0549. The van der Waals surface area contributed by atoms with Crippen molar-refractivity contribution in [3.05, 3.63) is 65.7 Å². The molecule has 0 aliphatic carbocycles. The zero-order valence-electron chi connectivity index (χ0n) is 18.1. The summed E-state index contributed by atoms with van der Waals surface area (Å²) in [6.45, 7) is 1.83. The molecule has 4 amide bonds. The molecular weight excluding hydrogens is 426 g/mol. The highest BCUT2D eigenvalue weighted by Crippen LogP contribution is 2.22. The molecule has 2 atom stereocenters. The van der Waals surface area contributed by atoms with Crippen molar-refractivity contribution < 1.29 is 23.9 Å². The molecule has 33 heavy (non-hydrogen) atoms. The summed E-state index contributed by atoms with van der Waals surface area (Å²) in [5.41, 5.74) is 15.8. The SMILES string of the molecule is CC1CC(=O)NN=C1c1ccc(N(C(=O)OCc2ccccc2)C(=O)[C@@H](N)CC(N)=O)cc1. The van der Waals surface area contributed by atoms with Crippen LogP contribution in [0.15, 0.2) is 59.7 Å². The number of rotatable bonds is 7. The summed E-state index contributed by atoms with van der Waals surface area (Å²) < 4.78 is 5.32. The average Bonchev–Trinajstić information content (AvgIpc) is 2.78. The summed E-state index contributed by atoms with van der Waals surface area (Å²) in [5, 5.41) is 4.10. The number of ether oxygens (including phenoxy) is 1. The number of carbonyl (C=O) groups is 4. The Hall–Kier alpha value is -4.05. The van der Waals surface area contributed by atoms with Gasteiger partial charge in [0.1, 0.15) is 6.61 Å². The smallest absolute Gasteiger partial charge is 0.421 e. The summed E-state index contributed by atoms with van der Waals surface area (Å²) >= 11 is 0. The number of nitrogens with one attached hydrogen (secondary N) is 1. The van der Waals surface area contributed by atoms with Crippen LogP contribution in [0.1, 0.15) is 30.9 Å². The van der Waals surface area contributed by atoms with Crippen LogP contribution >= 0.6 is 0 Å². The fourth-order valence-corrected chi connectivity index (χ4v) is 3.36. The number of primary amides is 1. The Bertz CT molecular complexity index is 1070. The molecule has 2 aromatic rings. The molecule has 0 saturated heterocycles. The van der Waals surface area contributed by atoms with Crippen molar-refractivity contribution >= 4 is 35.2 Å². The second-order valence-electron chi connectivity index (χ2n) is 7.67. The van der Waals surface area contributed by atoms with E-state index in [0.29, 0.717) is 12.1 Å². The molecule has 0 bridgehead atoms. The van der Waals surface area contributed by atoms with Crippen LogP contribution in [0, 0.1) is 5.92 Å². The van der Waals surface area contributed by atoms with Gasteiger partial charge < -0.3 is 16.2 Å².